The molecule has 1 aliphatic heterocycles. The Labute approximate surface area is 169 Å². The second-order valence-electron chi connectivity index (χ2n) is 7.24. The minimum absolute atomic E-state index is 0.00643. The molecule has 3 rings (SSSR count). The van der Waals surface area contributed by atoms with Gasteiger partial charge in [-0.25, -0.2) is 0 Å². The van der Waals surface area contributed by atoms with Gasteiger partial charge in [0.05, 0.1) is 4.88 Å². The van der Waals surface area contributed by atoms with E-state index in [0.717, 1.165) is 37.4 Å². The quantitative estimate of drug-likeness (QED) is 0.567. The van der Waals surface area contributed by atoms with E-state index in [2.05, 4.69) is 40.3 Å². The molecule has 2 aromatic rings. The summed E-state index contributed by atoms with van der Waals surface area (Å²) in [5.41, 5.74) is 1.35. The fourth-order valence-corrected chi connectivity index (χ4v) is 4.25. The van der Waals surface area contributed by atoms with Crippen LogP contribution in [-0.2, 0) is 4.79 Å². The smallest absolute Gasteiger partial charge is 0.243 e. The zero-order valence-electron chi connectivity index (χ0n) is 16.1. The molecule has 0 saturated carbocycles. The lowest BCUT2D eigenvalue weighted by Gasteiger charge is -2.32. The van der Waals surface area contributed by atoms with Crippen LogP contribution in [0.3, 0.4) is 0 Å². The Morgan fingerprint density at radius 3 is 2.85 bits per heavy atom. The third kappa shape index (κ3) is 4.94. The summed E-state index contributed by atoms with van der Waals surface area (Å²) < 4.78 is 2.28. The number of rotatable bonds is 6. The van der Waals surface area contributed by atoms with Crippen molar-refractivity contribution < 1.29 is 4.79 Å². The first kappa shape index (κ1) is 20.0. The molecular weight excluding hydrogens is 378 g/mol. The Morgan fingerprint density at radius 2 is 2.22 bits per heavy atom. The van der Waals surface area contributed by atoms with E-state index in [1.165, 1.54) is 5.57 Å². The molecule has 0 spiro atoms. The summed E-state index contributed by atoms with van der Waals surface area (Å²) in [7, 11) is 0. The maximum atomic E-state index is 12.8. The fourth-order valence-electron chi connectivity index (χ4n) is 3.25. The molecule has 1 amide bonds. The first-order valence-electron chi connectivity index (χ1n) is 9.32. The van der Waals surface area contributed by atoms with E-state index in [-0.39, 0.29) is 11.9 Å². The van der Waals surface area contributed by atoms with E-state index >= 15 is 0 Å². The maximum Gasteiger partial charge on any atom is 0.243 e. The zero-order chi connectivity index (χ0) is 19.4. The molecule has 2 N–H and O–H groups in total. The molecule has 146 valence electrons. The van der Waals surface area contributed by atoms with Gasteiger partial charge in [-0.3, -0.25) is 19.4 Å². The number of aromatic nitrogens is 3. The summed E-state index contributed by atoms with van der Waals surface area (Å²) in [6.45, 7) is 9.14. The van der Waals surface area contributed by atoms with Crippen LogP contribution >= 0.6 is 23.6 Å². The number of hydrogen-bond donors (Lipinski definition) is 2. The number of hydrogen-bond acceptors (Lipinski definition) is 5. The summed E-state index contributed by atoms with van der Waals surface area (Å²) in [5.74, 6) is 0.710. The predicted octanol–water partition coefficient (Wildman–Crippen LogP) is 3.78. The van der Waals surface area contributed by atoms with Crippen molar-refractivity contribution in [2.24, 2.45) is 0 Å². The lowest BCUT2D eigenvalue weighted by molar-refractivity contribution is -0.124. The highest BCUT2D eigenvalue weighted by atomic mass is 32.1. The standard InChI is InChI=1S/C19H27N5OS2/c1-13(2)6-9-23-10-7-15(8-11-23)20-18(25)14(3)24-17(21-22-19(24)26)16-5-4-12-27-16/h4-6,12,14-15H,7-11H2,1-3H3,(H,20,25)(H,22,26). The number of H-pyrrole nitrogens is 1. The molecule has 8 heteroatoms. The molecule has 6 nitrogen and oxygen atoms in total. The number of likely N-dealkylation sites (tertiary alicyclic amines) is 1. The molecule has 1 atom stereocenters. The number of thiophene rings is 1. The van der Waals surface area contributed by atoms with E-state index in [4.69, 9.17) is 12.2 Å². The van der Waals surface area contributed by atoms with Crippen LogP contribution in [-0.4, -0.2) is 51.2 Å². The SMILES string of the molecule is CC(C)=CCN1CCC(NC(=O)C(C)n2c(-c3cccs3)n[nH]c2=S)CC1. The molecule has 0 aromatic carbocycles. The molecule has 0 radical (unpaired) electrons. The van der Waals surface area contributed by atoms with Gasteiger partial charge in [0.25, 0.3) is 0 Å². The Bertz CT molecular complexity index is 840. The molecule has 3 heterocycles. The monoisotopic (exact) mass is 405 g/mol. The predicted molar refractivity (Wildman–Crippen MR) is 112 cm³/mol. The average Bonchev–Trinajstić information content (AvgIpc) is 3.29. The molecular formula is C19H27N5OS2. The Morgan fingerprint density at radius 1 is 1.48 bits per heavy atom. The van der Waals surface area contributed by atoms with Crippen LogP contribution < -0.4 is 5.32 Å². The van der Waals surface area contributed by atoms with Crippen LogP contribution in [0.4, 0.5) is 0 Å². The highest BCUT2D eigenvalue weighted by Crippen LogP contribution is 2.25. The largest absolute Gasteiger partial charge is 0.351 e. The maximum absolute atomic E-state index is 12.8. The summed E-state index contributed by atoms with van der Waals surface area (Å²) in [6, 6.07) is 3.76. The fraction of sp³-hybridized carbons (Fsp3) is 0.526. The van der Waals surface area contributed by atoms with E-state index < -0.39 is 6.04 Å². The van der Waals surface area contributed by atoms with Crippen molar-refractivity contribution in [2.45, 2.75) is 45.7 Å². The van der Waals surface area contributed by atoms with Crippen LogP contribution in [0.15, 0.2) is 29.2 Å². The van der Waals surface area contributed by atoms with E-state index in [0.29, 0.717) is 10.6 Å². The molecule has 0 bridgehead atoms. The van der Waals surface area contributed by atoms with Crippen molar-refractivity contribution in [3.05, 3.63) is 33.9 Å². The van der Waals surface area contributed by atoms with E-state index in [9.17, 15) is 4.79 Å². The number of nitrogens with zero attached hydrogens (tertiary/aromatic N) is 3. The summed E-state index contributed by atoms with van der Waals surface area (Å²) in [6.07, 6.45) is 4.21. The van der Waals surface area contributed by atoms with Gasteiger partial charge in [-0.1, -0.05) is 17.7 Å². The van der Waals surface area contributed by atoms with Crippen LogP contribution in [0, 0.1) is 4.77 Å². The number of allylic oxidation sites excluding steroid dienone is 1. The second kappa shape index (κ2) is 8.95. The van der Waals surface area contributed by atoms with Gasteiger partial charge in [-0.2, -0.15) is 5.10 Å². The lowest BCUT2D eigenvalue weighted by atomic mass is 10.0. The van der Waals surface area contributed by atoms with Crippen LogP contribution in [0.1, 0.15) is 39.7 Å². The summed E-state index contributed by atoms with van der Waals surface area (Å²) in [4.78, 5) is 16.3. The molecule has 2 aromatic heterocycles. The number of nitrogens with one attached hydrogen (secondary N) is 2. The third-order valence-corrected chi connectivity index (χ3v) is 6.06. The number of aromatic amines is 1. The van der Waals surface area contributed by atoms with Crippen molar-refractivity contribution in [3.8, 4) is 10.7 Å². The third-order valence-electron chi connectivity index (χ3n) is 4.90. The summed E-state index contributed by atoms with van der Waals surface area (Å²) in [5, 5.41) is 12.3. The molecule has 1 aliphatic rings. The van der Waals surface area contributed by atoms with E-state index in [1.807, 2.05) is 24.4 Å². The Balaban J connectivity index is 1.61. The lowest BCUT2D eigenvalue weighted by Crippen LogP contribution is -2.46. The Hall–Kier alpha value is -1.77. The van der Waals surface area contributed by atoms with Gasteiger partial charge in [0.2, 0.25) is 5.91 Å². The van der Waals surface area contributed by atoms with Gasteiger partial charge in [-0.15, -0.1) is 11.3 Å². The van der Waals surface area contributed by atoms with Gasteiger partial charge in [-0.05, 0) is 57.3 Å². The van der Waals surface area contributed by atoms with E-state index in [1.54, 1.807) is 15.9 Å². The minimum atomic E-state index is -0.406. The Kier molecular flexibility index (Phi) is 6.62. The normalized spacial score (nSPS) is 16.9. The first-order valence-corrected chi connectivity index (χ1v) is 10.6. The number of amides is 1. The van der Waals surface area contributed by atoms with Crippen molar-refractivity contribution in [2.75, 3.05) is 19.6 Å². The highest BCUT2D eigenvalue weighted by Gasteiger charge is 2.25. The molecule has 27 heavy (non-hydrogen) atoms. The zero-order valence-corrected chi connectivity index (χ0v) is 17.7. The van der Waals surface area contributed by atoms with Crippen LogP contribution in [0.5, 0.6) is 0 Å². The average molecular weight is 406 g/mol. The molecule has 1 unspecified atom stereocenters. The van der Waals surface area contributed by atoms with Crippen LogP contribution in [0.2, 0.25) is 0 Å². The second-order valence-corrected chi connectivity index (χ2v) is 8.57. The van der Waals surface area contributed by atoms with Crippen LogP contribution in [0.25, 0.3) is 10.7 Å². The highest BCUT2D eigenvalue weighted by molar-refractivity contribution is 7.71. The van der Waals surface area contributed by atoms with Gasteiger partial charge < -0.3 is 5.32 Å². The summed E-state index contributed by atoms with van der Waals surface area (Å²) >= 11 is 6.95. The minimum Gasteiger partial charge on any atom is -0.351 e. The molecule has 0 aliphatic carbocycles. The van der Waals surface area contributed by atoms with Crippen molar-refractivity contribution in [1.82, 2.24) is 25.0 Å². The van der Waals surface area contributed by atoms with Gasteiger partial charge in [0.15, 0.2) is 10.6 Å². The van der Waals surface area contributed by atoms with Gasteiger partial charge in [0, 0.05) is 25.7 Å². The van der Waals surface area contributed by atoms with Crippen molar-refractivity contribution in [3.63, 3.8) is 0 Å². The topological polar surface area (TPSA) is 66.0 Å². The first-order chi connectivity index (χ1) is 13.0. The number of piperidine rings is 1. The van der Waals surface area contributed by atoms with Crippen molar-refractivity contribution >= 4 is 29.5 Å². The van der Waals surface area contributed by atoms with Crippen molar-refractivity contribution in [1.29, 1.82) is 0 Å². The molecule has 1 fully saturated rings. The van der Waals surface area contributed by atoms with Gasteiger partial charge in [0.1, 0.15) is 6.04 Å². The van der Waals surface area contributed by atoms with Gasteiger partial charge >= 0.3 is 0 Å². The number of carbonyl (C=O) groups is 1. The number of carbonyl (C=O) groups excluding carboxylic acids is 1. The molecule has 1 saturated heterocycles.